The van der Waals surface area contributed by atoms with E-state index in [1.54, 1.807) is 24.3 Å². The zero-order chi connectivity index (χ0) is 39.2. The van der Waals surface area contributed by atoms with Crippen LogP contribution in [-0.2, 0) is 32.7 Å². The maximum atomic E-state index is 13.6. The van der Waals surface area contributed by atoms with Gasteiger partial charge in [0.15, 0.2) is 0 Å². The molecular weight excluding hydrogens is 881 g/mol. The molecule has 8 rings (SSSR count). The molecule has 2 unspecified atom stereocenters. The van der Waals surface area contributed by atoms with E-state index in [1.807, 2.05) is 12.1 Å². The summed E-state index contributed by atoms with van der Waals surface area (Å²) in [6, 6.07) is 45.5. The van der Waals surface area contributed by atoms with E-state index in [0.29, 0.717) is 0 Å². The van der Waals surface area contributed by atoms with Crippen molar-refractivity contribution in [2.24, 2.45) is 0 Å². The summed E-state index contributed by atoms with van der Waals surface area (Å²) in [7, 11) is 0. The molecule has 0 aromatic heterocycles. The molecule has 294 valence electrons. The summed E-state index contributed by atoms with van der Waals surface area (Å²) in [5.74, 6) is 0. The third-order valence-corrected chi connectivity index (χ3v) is 31.9. The fourth-order valence-electron chi connectivity index (χ4n) is 8.62. The Morgan fingerprint density at radius 3 is 1.16 bits per heavy atom. The van der Waals surface area contributed by atoms with Crippen molar-refractivity contribution in [3.05, 3.63) is 190 Å². The standard InChI is InChI=1S/2C18H14F3.C12H10Si.2ClH.Zr/c2*1-2-12-10-14-4-3-5-16(17(14)11-12)13-6-8-15(9-7-13)18(19,20)21;1-3-7-11(8-4-1)13-12-9-5-2-6-10-12;;;/h2*3-11H,2H2,1H3;1-10H;2*1H;/q;;;;;+2/p-2. The third kappa shape index (κ3) is 8.28. The fraction of sp³-hybridized carbons (Fsp3) is 0.167. The Bertz CT molecular complexity index is 2330. The van der Waals surface area contributed by atoms with Gasteiger partial charge in [0, 0.05) is 0 Å². The first kappa shape index (κ1) is 43.6. The molecule has 10 heteroatoms. The van der Waals surface area contributed by atoms with Crippen LogP contribution in [0.4, 0.5) is 26.3 Å². The van der Waals surface area contributed by atoms with Gasteiger partial charge in [-0.3, -0.25) is 0 Å². The van der Waals surface area contributed by atoms with Crippen LogP contribution in [0.15, 0.2) is 157 Å². The molecule has 2 aliphatic rings. The van der Waals surface area contributed by atoms with Crippen molar-refractivity contribution in [1.29, 1.82) is 0 Å². The molecule has 0 aliphatic heterocycles. The van der Waals surface area contributed by atoms with Crippen LogP contribution in [-0.4, -0.2) is 5.43 Å². The van der Waals surface area contributed by atoms with Crippen LogP contribution in [0.5, 0.6) is 0 Å². The molecule has 0 saturated heterocycles. The molecule has 0 heterocycles. The molecule has 58 heavy (non-hydrogen) atoms. The number of rotatable bonds is 8. The van der Waals surface area contributed by atoms with Gasteiger partial charge in [-0.25, -0.2) is 0 Å². The quantitative estimate of drug-likeness (QED) is 0.116. The van der Waals surface area contributed by atoms with E-state index in [2.05, 4.69) is 111 Å². The van der Waals surface area contributed by atoms with Gasteiger partial charge in [0.05, 0.1) is 0 Å². The Hall–Kier alpha value is -3.94. The first-order valence-electron chi connectivity index (χ1n) is 18.8. The van der Waals surface area contributed by atoms with Gasteiger partial charge in [0.25, 0.3) is 0 Å². The zero-order valence-electron chi connectivity index (χ0n) is 31.6. The number of hydrogen-bond donors (Lipinski definition) is 0. The first-order valence-corrected chi connectivity index (χ1v) is 26.9. The summed E-state index contributed by atoms with van der Waals surface area (Å²) in [5.41, 5.74) is 8.07. The second kappa shape index (κ2) is 17.7. The maximum Gasteiger partial charge on any atom is -1.00 e. The number of benzene rings is 6. The number of allylic oxidation sites excluding steroid dienone is 2. The predicted octanol–water partition coefficient (Wildman–Crippen LogP) is 6.89. The predicted molar refractivity (Wildman–Crippen MR) is 214 cm³/mol. The Labute approximate surface area is 355 Å². The van der Waals surface area contributed by atoms with E-state index < -0.39 is 49.3 Å². The molecular formula is C48H38Cl2F6SiZr. The summed E-state index contributed by atoms with van der Waals surface area (Å²) in [5, 5.41) is 2.73. The van der Waals surface area contributed by atoms with E-state index in [4.69, 9.17) is 0 Å². The summed E-state index contributed by atoms with van der Waals surface area (Å²) in [4.78, 5) is 0. The van der Waals surface area contributed by atoms with Gasteiger partial charge >= 0.3 is 333 Å². The topological polar surface area (TPSA) is 0 Å². The van der Waals surface area contributed by atoms with Crippen LogP contribution in [0.1, 0.15) is 67.3 Å². The first-order chi connectivity index (χ1) is 27.0. The Morgan fingerprint density at radius 1 is 0.466 bits per heavy atom. The summed E-state index contributed by atoms with van der Waals surface area (Å²) < 4.78 is 81.9. The molecule has 0 spiro atoms. The number of alkyl halides is 6. The van der Waals surface area contributed by atoms with Crippen molar-refractivity contribution in [1.82, 2.24) is 0 Å². The summed E-state index contributed by atoms with van der Waals surface area (Å²) >= 11 is -3.07. The average Bonchev–Trinajstić information content (AvgIpc) is 3.78. The Morgan fingerprint density at radius 2 is 0.828 bits per heavy atom. The van der Waals surface area contributed by atoms with Crippen LogP contribution in [0, 0.1) is 0 Å². The number of hydrogen-bond acceptors (Lipinski definition) is 0. The van der Waals surface area contributed by atoms with Crippen molar-refractivity contribution in [2.75, 3.05) is 0 Å². The van der Waals surface area contributed by atoms with E-state index in [1.165, 1.54) is 56.9 Å². The molecule has 0 bridgehead atoms. The van der Waals surface area contributed by atoms with Crippen molar-refractivity contribution in [3.63, 3.8) is 0 Å². The van der Waals surface area contributed by atoms with E-state index in [9.17, 15) is 26.3 Å². The Kier molecular flexibility index (Phi) is 13.3. The van der Waals surface area contributed by atoms with E-state index in [0.717, 1.165) is 46.2 Å². The zero-order valence-corrected chi connectivity index (χ0v) is 36.6. The van der Waals surface area contributed by atoms with Crippen molar-refractivity contribution in [2.45, 2.75) is 46.3 Å². The molecule has 6 aromatic rings. The van der Waals surface area contributed by atoms with Crippen LogP contribution < -0.4 is 35.2 Å². The third-order valence-electron chi connectivity index (χ3n) is 11.2. The van der Waals surface area contributed by atoms with Gasteiger partial charge in [-0.2, -0.15) is 0 Å². The number of halogens is 8. The van der Waals surface area contributed by atoms with Gasteiger partial charge in [-0.05, 0) is 0 Å². The Balaban J connectivity index is 0.00000283. The second-order valence-corrected chi connectivity index (χ2v) is 28.4. The monoisotopic (exact) mass is 916 g/mol. The molecule has 0 N–H and O–H groups in total. The SMILES string of the molecule is CCC1=Cc2c(-c3ccc(C(F)(F)F)cc3)cccc2[CH]1[Zr+2]([CH]1C(CC)=Cc2c(-c3ccc(C(F)(F)F)cc3)cccc21)=[Si](c1ccccc1)c1ccccc1.[Cl-].[Cl-]. The molecule has 0 nitrogen and oxygen atoms in total. The van der Waals surface area contributed by atoms with Crippen LogP contribution in [0.25, 0.3) is 34.4 Å². The summed E-state index contributed by atoms with van der Waals surface area (Å²) in [6.07, 6.45) is -2.50. The fourth-order valence-corrected chi connectivity index (χ4v) is 34.0. The van der Waals surface area contributed by atoms with Gasteiger partial charge in [0.1, 0.15) is 0 Å². The van der Waals surface area contributed by atoms with Gasteiger partial charge in [-0.15, -0.1) is 0 Å². The summed E-state index contributed by atoms with van der Waals surface area (Å²) in [6.45, 7) is 4.42. The van der Waals surface area contributed by atoms with E-state index >= 15 is 0 Å². The van der Waals surface area contributed by atoms with Gasteiger partial charge in [0.2, 0.25) is 0 Å². The molecule has 0 fully saturated rings. The molecule has 0 amide bonds. The largest absolute Gasteiger partial charge is 1.00 e. The van der Waals surface area contributed by atoms with Crippen LogP contribution in [0.2, 0.25) is 0 Å². The normalized spacial score (nSPS) is 15.5. The minimum atomic E-state index is -4.42. The molecule has 6 aromatic carbocycles. The smallest absolute Gasteiger partial charge is 1.00 e. The maximum absolute atomic E-state index is 13.6. The molecule has 2 atom stereocenters. The van der Waals surface area contributed by atoms with E-state index in [-0.39, 0.29) is 32.1 Å². The minimum Gasteiger partial charge on any atom is -1.00 e. The van der Waals surface area contributed by atoms with Gasteiger partial charge < -0.3 is 24.8 Å². The van der Waals surface area contributed by atoms with Crippen LogP contribution >= 0.6 is 0 Å². The van der Waals surface area contributed by atoms with Crippen molar-refractivity contribution < 1.29 is 71.5 Å². The molecule has 2 aliphatic carbocycles. The molecule has 0 saturated carbocycles. The van der Waals surface area contributed by atoms with Crippen LogP contribution in [0.3, 0.4) is 0 Å². The number of fused-ring (bicyclic) bond motifs is 2. The van der Waals surface area contributed by atoms with Crippen molar-refractivity contribution in [3.8, 4) is 22.3 Å². The van der Waals surface area contributed by atoms with Gasteiger partial charge in [-0.1, -0.05) is 0 Å². The minimum absolute atomic E-state index is 0. The average molecular weight is 919 g/mol. The second-order valence-electron chi connectivity index (χ2n) is 14.3. The molecule has 0 radical (unpaired) electrons. The van der Waals surface area contributed by atoms with Crippen molar-refractivity contribution >= 4 is 28.0 Å².